The lowest BCUT2D eigenvalue weighted by Gasteiger charge is -2.33. The van der Waals surface area contributed by atoms with Crippen LogP contribution in [0.3, 0.4) is 0 Å². The highest BCUT2D eigenvalue weighted by Crippen LogP contribution is 2.29. The molecule has 2 aromatic rings. The number of nitrogens with one attached hydrogen (secondary N) is 1. The van der Waals surface area contributed by atoms with E-state index >= 15 is 0 Å². The Labute approximate surface area is 249 Å². The Morgan fingerprint density at radius 3 is 2.57 bits per heavy atom. The summed E-state index contributed by atoms with van der Waals surface area (Å²) in [5, 5.41) is 13.0. The maximum Gasteiger partial charge on any atom is 0.303 e. The maximum absolute atomic E-state index is 13.4. The van der Waals surface area contributed by atoms with Gasteiger partial charge in [-0.05, 0) is 93.4 Å². The van der Waals surface area contributed by atoms with Crippen molar-refractivity contribution < 1.29 is 24.2 Å². The molecule has 1 aromatic heterocycles. The lowest BCUT2D eigenvalue weighted by Crippen LogP contribution is -2.42. The second-order valence-corrected chi connectivity index (χ2v) is 11.5. The summed E-state index contributed by atoms with van der Waals surface area (Å²) in [6.07, 6.45) is 9.32. The van der Waals surface area contributed by atoms with Crippen molar-refractivity contribution in [3.63, 3.8) is 0 Å². The lowest BCUT2D eigenvalue weighted by molar-refractivity contribution is -0.137. The topological polar surface area (TPSA) is 109 Å². The summed E-state index contributed by atoms with van der Waals surface area (Å²) in [6, 6.07) is 9.39. The fourth-order valence-electron chi connectivity index (χ4n) is 5.80. The second-order valence-electron chi connectivity index (χ2n) is 11.5. The number of amides is 1. The van der Waals surface area contributed by atoms with Gasteiger partial charge in [0.05, 0.1) is 13.0 Å². The molecular formula is C34H43N3O5. The Bertz CT molecular complexity index is 1260. The van der Waals surface area contributed by atoms with Crippen molar-refractivity contribution >= 4 is 17.7 Å². The molecule has 2 N–H and O–H groups in total. The number of ether oxygens (including phenoxy) is 1. The summed E-state index contributed by atoms with van der Waals surface area (Å²) in [7, 11) is 0. The average Bonchev–Trinajstić information content (AvgIpc) is 3.02. The van der Waals surface area contributed by atoms with Crippen LogP contribution < -0.4 is 10.1 Å². The van der Waals surface area contributed by atoms with Gasteiger partial charge in [-0.3, -0.25) is 19.4 Å². The normalized spacial score (nSPS) is 18.0. The zero-order chi connectivity index (χ0) is 29.7. The van der Waals surface area contributed by atoms with Crippen molar-refractivity contribution in [1.29, 1.82) is 0 Å². The monoisotopic (exact) mass is 573 g/mol. The molecule has 2 atom stereocenters. The number of nitrogens with zero attached hydrogens (tertiary/aromatic N) is 2. The molecule has 1 amide bonds. The molecule has 8 nitrogen and oxygen atoms in total. The Hall–Kier alpha value is -3.70. The Kier molecular flexibility index (Phi) is 12.0. The number of pyridine rings is 1. The van der Waals surface area contributed by atoms with Crippen LogP contribution in [0.5, 0.6) is 5.75 Å². The number of aliphatic carboxylic acids is 1. The fourth-order valence-corrected chi connectivity index (χ4v) is 5.80. The first-order valence-corrected chi connectivity index (χ1v) is 15.3. The average molecular weight is 574 g/mol. The predicted octanol–water partition coefficient (Wildman–Crippen LogP) is 4.81. The molecule has 0 radical (unpaired) electrons. The van der Waals surface area contributed by atoms with Gasteiger partial charge in [0.15, 0.2) is 0 Å². The number of aromatic nitrogens is 1. The van der Waals surface area contributed by atoms with E-state index < -0.39 is 11.9 Å². The van der Waals surface area contributed by atoms with Crippen LogP contribution >= 0.6 is 0 Å². The third-order valence-electron chi connectivity index (χ3n) is 8.23. The summed E-state index contributed by atoms with van der Waals surface area (Å²) in [5.41, 5.74) is 2.17. The van der Waals surface area contributed by atoms with Gasteiger partial charge in [0.2, 0.25) is 5.91 Å². The third kappa shape index (κ3) is 9.70. The van der Waals surface area contributed by atoms with Crippen LogP contribution in [0.1, 0.15) is 87.3 Å². The van der Waals surface area contributed by atoms with E-state index in [2.05, 4.69) is 29.1 Å². The number of carbonyl (C=O) groups is 3. The van der Waals surface area contributed by atoms with Crippen molar-refractivity contribution in [3.05, 3.63) is 59.4 Å². The van der Waals surface area contributed by atoms with E-state index in [-0.39, 0.29) is 30.4 Å². The molecule has 2 saturated heterocycles. The van der Waals surface area contributed by atoms with E-state index in [0.29, 0.717) is 43.2 Å². The van der Waals surface area contributed by atoms with Crippen LogP contribution in [0.25, 0.3) is 0 Å². The highest BCUT2D eigenvalue weighted by Gasteiger charge is 2.31. The van der Waals surface area contributed by atoms with E-state index in [1.807, 2.05) is 35.2 Å². The minimum atomic E-state index is -0.965. The number of piperidine rings is 2. The molecule has 0 aliphatic carbocycles. The van der Waals surface area contributed by atoms with Gasteiger partial charge in [0, 0.05) is 61.3 Å². The number of benzene rings is 1. The van der Waals surface area contributed by atoms with Crippen molar-refractivity contribution in [1.82, 2.24) is 15.2 Å². The third-order valence-corrected chi connectivity index (χ3v) is 8.23. The first kappa shape index (κ1) is 31.2. The van der Waals surface area contributed by atoms with Gasteiger partial charge in [-0.1, -0.05) is 18.8 Å². The number of carbonyl (C=O) groups excluding carboxylic acids is 2. The Morgan fingerprint density at radius 2 is 1.83 bits per heavy atom. The molecular weight excluding hydrogens is 530 g/mol. The van der Waals surface area contributed by atoms with Gasteiger partial charge >= 0.3 is 5.97 Å². The fraction of sp³-hybridized carbons (Fsp3) is 0.529. The molecule has 2 fully saturated rings. The summed E-state index contributed by atoms with van der Waals surface area (Å²) in [5.74, 6) is 6.03. The molecule has 3 heterocycles. The van der Waals surface area contributed by atoms with Crippen LogP contribution in [0.15, 0.2) is 42.7 Å². The van der Waals surface area contributed by atoms with Crippen LogP contribution in [-0.2, 0) is 14.4 Å². The van der Waals surface area contributed by atoms with Crippen molar-refractivity contribution in [2.24, 2.45) is 11.8 Å². The molecule has 0 bridgehead atoms. The van der Waals surface area contributed by atoms with Gasteiger partial charge < -0.3 is 20.1 Å². The number of carboxylic acid groups (broad SMARTS) is 1. The molecule has 8 heteroatoms. The van der Waals surface area contributed by atoms with Crippen molar-refractivity contribution in [3.8, 4) is 17.6 Å². The van der Waals surface area contributed by atoms with Crippen molar-refractivity contribution in [2.45, 2.75) is 70.6 Å². The summed E-state index contributed by atoms with van der Waals surface area (Å²) >= 11 is 0. The first-order chi connectivity index (χ1) is 20.4. The Balaban J connectivity index is 1.37. The summed E-state index contributed by atoms with van der Waals surface area (Å²) in [6.45, 7) is 5.87. The van der Waals surface area contributed by atoms with E-state index in [1.54, 1.807) is 12.4 Å². The van der Waals surface area contributed by atoms with Gasteiger partial charge in [-0.25, -0.2) is 0 Å². The highest BCUT2D eigenvalue weighted by molar-refractivity contribution is 5.84. The van der Waals surface area contributed by atoms with Gasteiger partial charge in [0.25, 0.3) is 0 Å². The maximum atomic E-state index is 13.4. The largest absolute Gasteiger partial charge is 0.494 e. The number of Topliss-reactive ketones (excluding diaryl/α,β-unsaturated/α-hetero) is 1. The van der Waals surface area contributed by atoms with Crippen LogP contribution in [0.4, 0.5) is 0 Å². The number of hydrogen-bond acceptors (Lipinski definition) is 6. The molecule has 4 rings (SSSR count). The van der Waals surface area contributed by atoms with E-state index in [1.165, 1.54) is 0 Å². The second kappa shape index (κ2) is 16.1. The molecule has 0 saturated carbocycles. The molecule has 2 aliphatic heterocycles. The number of carboxylic acids is 1. The standard InChI is InChI=1S/C34H43N3O5/c1-2-18-42-31-10-7-25(8-11-31)5-6-27-19-30(23-36-22-27)29(21-34(40)41)20-32(38)28-4-3-17-37(24-28)33(39)12-9-26-13-15-35-16-14-26/h7-8,10-11,19,22-23,26,28-29,35H,2-4,9,12-18,20-21,24H2,1H3,(H,40,41)/t28-,29+/m1/s1. The van der Waals surface area contributed by atoms with Crippen LogP contribution in [0, 0.1) is 23.7 Å². The predicted molar refractivity (Wildman–Crippen MR) is 161 cm³/mol. The van der Waals surface area contributed by atoms with Gasteiger partial charge in [-0.2, -0.15) is 0 Å². The zero-order valence-electron chi connectivity index (χ0n) is 24.6. The lowest BCUT2D eigenvalue weighted by atomic mass is 9.84. The molecule has 42 heavy (non-hydrogen) atoms. The Morgan fingerprint density at radius 1 is 1.07 bits per heavy atom. The van der Waals surface area contributed by atoms with Gasteiger partial charge in [-0.15, -0.1) is 0 Å². The molecule has 2 aliphatic rings. The smallest absolute Gasteiger partial charge is 0.303 e. The van der Waals surface area contributed by atoms with Crippen molar-refractivity contribution in [2.75, 3.05) is 32.8 Å². The SMILES string of the molecule is CCCOc1ccc(C#Cc2cncc([C@H](CC(=O)O)CC(=O)[C@@H]3CCCN(C(=O)CCC4CCNCC4)C3)c2)cc1. The van der Waals surface area contributed by atoms with Crippen LogP contribution in [0.2, 0.25) is 0 Å². The van der Waals surface area contributed by atoms with E-state index in [9.17, 15) is 19.5 Å². The van der Waals surface area contributed by atoms with Gasteiger partial charge in [0.1, 0.15) is 11.5 Å². The minimum absolute atomic E-state index is 0.0129. The first-order valence-electron chi connectivity index (χ1n) is 15.3. The molecule has 0 unspecified atom stereocenters. The van der Waals surface area contributed by atoms with E-state index in [4.69, 9.17) is 4.74 Å². The number of rotatable bonds is 12. The van der Waals surface area contributed by atoms with E-state index in [0.717, 1.165) is 62.9 Å². The number of ketones is 1. The minimum Gasteiger partial charge on any atom is -0.494 e. The highest BCUT2D eigenvalue weighted by atomic mass is 16.5. The molecule has 0 spiro atoms. The molecule has 1 aromatic carbocycles. The van der Waals surface area contributed by atoms with Crippen LogP contribution in [-0.4, -0.2) is 65.4 Å². The summed E-state index contributed by atoms with van der Waals surface area (Å²) in [4.78, 5) is 44.3. The quantitative estimate of drug-likeness (QED) is 0.351. The zero-order valence-corrected chi connectivity index (χ0v) is 24.6. The molecule has 224 valence electrons. The number of likely N-dealkylation sites (tertiary alicyclic amines) is 1. The summed E-state index contributed by atoms with van der Waals surface area (Å²) < 4.78 is 5.62. The number of hydrogen-bond donors (Lipinski definition) is 2.